The van der Waals surface area contributed by atoms with Crippen molar-refractivity contribution in [3.63, 3.8) is 0 Å². The Morgan fingerprint density at radius 3 is 2.33 bits per heavy atom. The summed E-state index contributed by atoms with van der Waals surface area (Å²) in [6.45, 7) is 4.46. The lowest BCUT2D eigenvalue weighted by Gasteiger charge is -1.95. The molecule has 1 aliphatic rings. The molecule has 1 rings (SSSR count). The second kappa shape index (κ2) is 10.4. The molecule has 0 aromatic carbocycles. The van der Waals surface area contributed by atoms with Gasteiger partial charge >= 0.3 is 0 Å². The molecule has 0 amide bonds. The summed E-state index contributed by atoms with van der Waals surface area (Å²) >= 11 is 0. The highest BCUT2D eigenvalue weighted by atomic mass is 16.6. The van der Waals surface area contributed by atoms with Crippen molar-refractivity contribution < 1.29 is 4.74 Å². The van der Waals surface area contributed by atoms with Crippen molar-refractivity contribution in [1.29, 1.82) is 0 Å². The van der Waals surface area contributed by atoms with Gasteiger partial charge in [0.05, 0.1) is 12.2 Å². The summed E-state index contributed by atoms with van der Waals surface area (Å²) in [7, 11) is 0. The van der Waals surface area contributed by atoms with E-state index in [-0.39, 0.29) is 0 Å². The minimum Gasteiger partial charge on any atom is -0.369 e. The van der Waals surface area contributed by atoms with Crippen LogP contribution in [0.4, 0.5) is 0 Å². The molecule has 1 nitrogen and oxygen atoms in total. The first-order valence-corrected chi connectivity index (χ1v) is 7.84. The molecule has 1 aliphatic heterocycles. The van der Waals surface area contributed by atoms with Gasteiger partial charge in [0.15, 0.2) is 0 Å². The predicted molar refractivity (Wildman–Crippen MR) is 79.8 cm³/mol. The van der Waals surface area contributed by atoms with Gasteiger partial charge in [-0.2, -0.15) is 0 Å². The number of ether oxygens (including phenoxy) is 1. The zero-order chi connectivity index (χ0) is 13.1. The van der Waals surface area contributed by atoms with E-state index in [0.29, 0.717) is 12.2 Å². The van der Waals surface area contributed by atoms with Crippen molar-refractivity contribution in [3.05, 3.63) is 24.3 Å². The van der Waals surface area contributed by atoms with Crippen LogP contribution in [0.3, 0.4) is 0 Å². The number of allylic oxidation sites excluding steroid dienone is 3. The molecule has 0 bridgehead atoms. The van der Waals surface area contributed by atoms with Gasteiger partial charge in [-0.1, -0.05) is 63.8 Å². The molecule has 0 unspecified atom stereocenters. The lowest BCUT2D eigenvalue weighted by atomic mass is 10.1. The fourth-order valence-corrected chi connectivity index (χ4v) is 2.23. The van der Waals surface area contributed by atoms with E-state index in [4.69, 9.17) is 4.74 Å². The molecule has 1 heteroatoms. The smallest absolute Gasteiger partial charge is 0.0876 e. The van der Waals surface area contributed by atoms with E-state index in [1.807, 2.05) is 0 Å². The van der Waals surface area contributed by atoms with Gasteiger partial charge < -0.3 is 4.74 Å². The number of hydrogen-bond donors (Lipinski definition) is 0. The van der Waals surface area contributed by atoms with E-state index < -0.39 is 0 Å². The Morgan fingerprint density at radius 2 is 1.61 bits per heavy atom. The predicted octanol–water partition coefficient (Wildman–Crippen LogP) is 5.42. The van der Waals surface area contributed by atoms with Crippen LogP contribution >= 0.6 is 0 Å². The molecule has 0 aromatic rings. The van der Waals surface area contributed by atoms with Crippen LogP contribution in [-0.4, -0.2) is 12.2 Å². The molecule has 0 saturated carbocycles. The van der Waals surface area contributed by atoms with E-state index in [0.717, 1.165) is 19.3 Å². The van der Waals surface area contributed by atoms with Gasteiger partial charge in [0.25, 0.3) is 0 Å². The average molecular weight is 250 g/mol. The Hall–Kier alpha value is -0.560. The molecule has 0 N–H and O–H groups in total. The summed E-state index contributed by atoms with van der Waals surface area (Å²) in [5, 5.41) is 0. The van der Waals surface area contributed by atoms with Crippen molar-refractivity contribution in [3.8, 4) is 0 Å². The third-order valence-corrected chi connectivity index (χ3v) is 3.54. The molecular weight excluding hydrogens is 220 g/mol. The van der Waals surface area contributed by atoms with Crippen LogP contribution in [0.1, 0.15) is 71.6 Å². The molecule has 2 atom stereocenters. The van der Waals surface area contributed by atoms with E-state index in [9.17, 15) is 0 Å². The van der Waals surface area contributed by atoms with Gasteiger partial charge in [-0.05, 0) is 32.1 Å². The minimum absolute atomic E-state index is 0.522. The van der Waals surface area contributed by atoms with E-state index in [1.165, 1.54) is 38.5 Å². The lowest BCUT2D eigenvalue weighted by molar-refractivity contribution is 0.367. The third kappa shape index (κ3) is 7.71. The monoisotopic (exact) mass is 250 g/mol. The van der Waals surface area contributed by atoms with Crippen LogP contribution in [-0.2, 0) is 4.74 Å². The first kappa shape index (κ1) is 15.5. The van der Waals surface area contributed by atoms with E-state index in [1.54, 1.807) is 0 Å². The van der Waals surface area contributed by atoms with Gasteiger partial charge in [-0.3, -0.25) is 0 Å². The largest absolute Gasteiger partial charge is 0.369 e. The molecule has 0 aromatic heterocycles. The Morgan fingerprint density at radius 1 is 0.833 bits per heavy atom. The van der Waals surface area contributed by atoms with Crippen LogP contribution in [0.2, 0.25) is 0 Å². The standard InChI is InChI=1S/C17H30O/c1-3-5-6-7-8-9-10-11-12-13-14-15-17-16(4-2)18-17/h10-11,13-14,16-17H,3-9,12,15H2,1-2H3/t16-,17+/m1/s1. The van der Waals surface area contributed by atoms with E-state index in [2.05, 4.69) is 38.2 Å². The molecule has 1 saturated heterocycles. The minimum atomic E-state index is 0.522. The number of unbranched alkanes of at least 4 members (excludes halogenated alkanes) is 5. The molecular formula is C17H30O. The van der Waals surface area contributed by atoms with Crippen LogP contribution in [0, 0.1) is 0 Å². The summed E-state index contributed by atoms with van der Waals surface area (Å²) in [5.41, 5.74) is 0. The fourth-order valence-electron chi connectivity index (χ4n) is 2.23. The Bertz CT molecular complexity index is 242. The molecule has 104 valence electrons. The summed E-state index contributed by atoms with van der Waals surface area (Å²) in [4.78, 5) is 0. The van der Waals surface area contributed by atoms with Crippen molar-refractivity contribution in [1.82, 2.24) is 0 Å². The first-order valence-electron chi connectivity index (χ1n) is 7.84. The summed E-state index contributed by atoms with van der Waals surface area (Å²) < 4.78 is 5.49. The quantitative estimate of drug-likeness (QED) is 0.271. The first-order chi connectivity index (χ1) is 8.88. The molecule has 1 fully saturated rings. The van der Waals surface area contributed by atoms with Crippen molar-refractivity contribution >= 4 is 0 Å². The lowest BCUT2D eigenvalue weighted by Crippen LogP contribution is -1.88. The van der Waals surface area contributed by atoms with Crippen molar-refractivity contribution in [2.24, 2.45) is 0 Å². The highest BCUT2D eigenvalue weighted by Gasteiger charge is 2.35. The molecule has 0 radical (unpaired) electrons. The average Bonchev–Trinajstić information content (AvgIpc) is 3.14. The number of epoxide rings is 1. The topological polar surface area (TPSA) is 12.5 Å². The van der Waals surface area contributed by atoms with Crippen LogP contribution in [0.5, 0.6) is 0 Å². The maximum absolute atomic E-state index is 5.49. The van der Waals surface area contributed by atoms with Gasteiger partial charge in [0.1, 0.15) is 0 Å². The molecule has 0 spiro atoms. The third-order valence-electron chi connectivity index (χ3n) is 3.54. The van der Waals surface area contributed by atoms with Gasteiger partial charge in [0, 0.05) is 0 Å². The SMILES string of the molecule is CCCCCCCC=CCC=CC[C@@H]1O[C@@H]1CC. The second-order valence-corrected chi connectivity index (χ2v) is 5.24. The van der Waals surface area contributed by atoms with Crippen LogP contribution < -0.4 is 0 Å². The highest BCUT2D eigenvalue weighted by Crippen LogP contribution is 2.28. The maximum Gasteiger partial charge on any atom is 0.0876 e. The highest BCUT2D eigenvalue weighted by molar-refractivity contribution is 4.97. The van der Waals surface area contributed by atoms with Gasteiger partial charge in [-0.25, -0.2) is 0 Å². The summed E-state index contributed by atoms with van der Waals surface area (Å²) in [6, 6.07) is 0. The number of hydrogen-bond acceptors (Lipinski definition) is 1. The Balaban J connectivity index is 1.83. The summed E-state index contributed by atoms with van der Waals surface area (Å²) in [5.74, 6) is 0. The Labute approximate surface area is 113 Å². The van der Waals surface area contributed by atoms with Crippen LogP contribution in [0.15, 0.2) is 24.3 Å². The van der Waals surface area contributed by atoms with Crippen molar-refractivity contribution in [2.75, 3.05) is 0 Å². The van der Waals surface area contributed by atoms with Gasteiger partial charge in [-0.15, -0.1) is 0 Å². The second-order valence-electron chi connectivity index (χ2n) is 5.24. The Kier molecular flexibility index (Phi) is 8.93. The van der Waals surface area contributed by atoms with Crippen molar-refractivity contribution in [2.45, 2.75) is 83.8 Å². The van der Waals surface area contributed by atoms with E-state index >= 15 is 0 Å². The molecule has 0 aliphatic carbocycles. The molecule has 18 heavy (non-hydrogen) atoms. The van der Waals surface area contributed by atoms with Crippen LogP contribution in [0.25, 0.3) is 0 Å². The maximum atomic E-state index is 5.49. The molecule has 1 heterocycles. The number of rotatable bonds is 11. The normalized spacial score (nSPS) is 23.2. The fraction of sp³-hybridized carbons (Fsp3) is 0.765. The summed E-state index contributed by atoms with van der Waals surface area (Å²) in [6.07, 6.45) is 21.7. The zero-order valence-corrected chi connectivity index (χ0v) is 12.2. The zero-order valence-electron chi connectivity index (χ0n) is 12.2. The van der Waals surface area contributed by atoms with Gasteiger partial charge in [0.2, 0.25) is 0 Å².